The first-order valence-electron chi connectivity index (χ1n) is 6.38. The molecule has 1 N–H and O–H groups in total. The van der Waals surface area contributed by atoms with E-state index in [2.05, 4.69) is 35.4 Å². The van der Waals surface area contributed by atoms with Crippen LogP contribution in [0.1, 0.15) is 25.3 Å². The third-order valence-corrected chi connectivity index (χ3v) is 4.46. The number of aromatic nitrogens is 1. The van der Waals surface area contributed by atoms with E-state index < -0.39 is 0 Å². The molecule has 2 heterocycles. The van der Waals surface area contributed by atoms with Crippen molar-refractivity contribution in [1.29, 1.82) is 0 Å². The van der Waals surface area contributed by atoms with Gasteiger partial charge in [-0.05, 0) is 36.5 Å². The van der Waals surface area contributed by atoms with Gasteiger partial charge in [-0.2, -0.15) is 0 Å². The summed E-state index contributed by atoms with van der Waals surface area (Å²) >= 11 is 1.69. The van der Waals surface area contributed by atoms with E-state index in [1.54, 1.807) is 11.3 Å². The average molecular weight is 259 g/mol. The van der Waals surface area contributed by atoms with E-state index in [9.17, 15) is 0 Å². The zero-order valence-corrected chi connectivity index (χ0v) is 11.5. The number of aliphatic imine (C=N–C) groups is 1. The van der Waals surface area contributed by atoms with Crippen LogP contribution in [0.15, 0.2) is 23.2 Å². The van der Waals surface area contributed by atoms with Crippen LogP contribution in [0.2, 0.25) is 0 Å². The second-order valence-corrected chi connectivity index (χ2v) is 5.91. The summed E-state index contributed by atoms with van der Waals surface area (Å²) in [5, 5.41) is 4.07. The van der Waals surface area contributed by atoms with E-state index >= 15 is 0 Å². The lowest BCUT2D eigenvalue weighted by Gasteiger charge is -2.17. The van der Waals surface area contributed by atoms with Gasteiger partial charge in [0, 0.05) is 19.3 Å². The highest BCUT2D eigenvalue weighted by Gasteiger charge is 2.14. The lowest BCUT2D eigenvalue weighted by atomic mass is 9.96. The molecule has 1 aliphatic heterocycles. The van der Waals surface area contributed by atoms with Crippen LogP contribution in [-0.4, -0.2) is 24.3 Å². The summed E-state index contributed by atoms with van der Waals surface area (Å²) in [4.78, 5) is 9.25. The van der Waals surface area contributed by atoms with Crippen molar-refractivity contribution in [2.24, 2.45) is 10.9 Å². The Hall–Kier alpha value is -1.42. The zero-order valence-electron chi connectivity index (χ0n) is 10.7. The number of nitrogens with one attached hydrogen (secondary N) is 1. The molecule has 4 heteroatoms. The summed E-state index contributed by atoms with van der Waals surface area (Å²) in [6, 6.07) is 6.50. The Bertz CT molecular complexity index is 600. The molecule has 1 unspecified atom stereocenters. The predicted octanol–water partition coefficient (Wildman–Crippen LogP) is 3.56. The van der Waals surface area contributed by atoms with Crippen LogP contribution in [0.5, 0.6) is 0 Å². The first-order chi connectivity index (χ1) is 8.76. The lowest BCUT2D eigenvalue weighted by molar-refractivity contribution is 0.538. The summed E-state index contributed by atoms with van der Waals surface area (Å²) in [6.45, 7) is 3.23. The quantitative estimate of drug-likeness (QED) is 0.895. The molecule has 2 aromatic rings. The molecule has 0 radical (unpaired) electrons. The fourth-order valence-corrected chi connectivity index (χ4v) is 3.07. The van der Waals surface area contributed by atoms with Crippen molar-refractivity contribution in [3.8, 4) is 0 Å². The van der Waals surface area contributed by atoms with Crippen molar-refractivity contribution in [3.05, 3.63) is 23.8 Å². The van der Waals surface area contributed by atoms with Crippen LogP contribution in [0.3, 0.4) is 0 Å². The van der Waals surface area contributed by atoms with Crippen molar-refractivity contribution >= 4 is 32.4 Å². The molecule has 0 saturated heterocycles. The first-order valence-corrected chi connectivity index (χ1v) is 7.20. The largest absolute Gasteiger partial charge is 0.365 e. The van der Waals surface area contributed by atoms with Crippen LogP contribution in [0.25, 0.3) is 10.2 Å². The smallest absolute Gasteiger partial charge is 0.183 e. The van der Waals surface area contributed by atoms with Crippen molar-refractivity contribution in [2.75, 3.05) is 18.9 Å². The first kappa shape index (κ1) is 11.7. The van der Waals surface area contributed by atoms with Crippen LogP contribution in [0.4, 0.5) is 5.13 Å². The molecule has 1 aromatic heterocycles. The van der Waals surface area contributed by atoms with Crippen LogP contribution >= 0.6 is 11.3 Å². The Morgan fingerprint density at radius 1 is 1.39 bits per heavy atom. The van der Waals surface area contributed by atoms with Gasteiger partial charge in [0.05, 0.1) is 10.2 Å². The van der Waals surface area contributed by atoms with Crippen molar-refractivity contribution in [2.45, 2.75) is 19.8 Å². The molecule has 18 heavy (non-hydrogen) atoms. The van der Waals surface area contributed by atoms with Gasteiger partial charge in [0.15, 0.2) is 5.13 Å². The van der Waals surface area contributed by atoms with Gasteiger partial charge < -0.3 is 5.32 Å². The third kappa shape index (κ3) is 2.12. The lowest BCUT2D eigenvalue weighted by Crippen LogP contribution is -2.14. The van der Waals surface area contributed by atoms with Gasteiger partial charge in [0.25, 0.3) is 0 Å². The van der Waals surface area contributed by atoms with Gasteiger partial charge in [-0.25, -0.2) is 4.98 Å². The summed E-state index contributed by atoms with van der Waals surface area (Å²) < 4.78 is 1.23. The summed E-state index contributed by atoms with van der Waals surface area (Å²) in [5.41, 5.74) is 3.56. The van der Waals surface area contributed by atoms with Crippen LogP contribution < -0.4 is 5.32 Å². The summed E-state index contributed by atoms with van der Waals surface area (Å²) in [7, 11) is 1.91. The van der Waals surface area contributed by atoms with E-state index in [-0.39, 0.29) is 0 Å². The number of rotatable bonds is 2. The van der Waals surface area contributed by atoms with Gasteiger partial charge in [-0.1, -0.05) is 24.3 Å². The number of thiazole rings is 1. The molecule has 3 rings (SSSR count). The van der Waals surface area contributed by atoms with E-state index in [1.165, 1.54) is 22.4 Å². The SMILES string of the molecule is CNc1nc2cc(C3=NCC(C)CC3)ccc2s1. The monoisotopic (exact) mass is 259 g/mol. The molecule has 94 valence electrons. The fourth-order valence-electron chi connectivity index (χ4n) is 2.27. The van der Waals surface area contributed by atoms with Gasteiger partial charge in [0.1, 0.15) is 0 Å². The van der Waals surface area contributed by atoms with Crippen molar-refractivity contribution < 1.29 is 0 Å². The molecule has 0 amide bonds. The number of hydrogen-bond donors (Lipinski definition) is 1. The molecule has 3 nitrogen and oxygen atoms in total. The normalized spacial score (nSPS) is 19.9. The summed E-state index contributed by atoms with van der Waals surface area (Å²) in [6.07, 6.45) is 2.34. The van der Waals surface area contributed by atoms with E-state index in [0.29, 0.717) is 0 Å². The third-order valence-electron chi connectivity index (χ3n) is 3.40. The Morgan fingerprint density at radius 3 is 3.00 bits per heavy atom. The molecule has 0 aliphatic carbocycles. The Labute approximate surface area is 111 Å². The average Bonchev–Trinajstić information content (AvgIpc) is 2.81. The molecule has 1 aliphatic rings. The Kier molecular flexibility index (Phi) is 3.04. The number of benzene rings is 1. The van der Waals surface area contributed by atoms with Crippen LogP contribution in [-0.2, 0) is 0 Å². The second-order valence-electron chi connectivity index (χ2n) is 4.88. The van der Waals surface area contributed by atoms with E-state index in [4.69, 9.17) is 4.99 Å². The van der Waals surface area contributed by atoms with E-state index in [1.807, 2.05) is 7.05 Å². The highest BCUT2D eigenvalue weighted by Crippen LogP contribution is 2.27. The minimum Gasteiger partial charge on any atom is -0.365 e. The topological polar surface area (TPSA) is 37.3 Å². The fraction of sp³-hybridized carbons (Fsp3) is 0.429. The molecule has 0 saturated carbocycles. The van der Waals surface area contributed by atoms with Crippen molar-refractivity contribution in [1.82, 2.24) is 4.98 Å². The zero-order chi connectivity index (χ0) is 12.5. The predicted molar refractivity (Wildman–Crippen MR) is 79.0 cm³/mol. The van der Waals surface area contributed by atoms with Gasteiger partial charge in [0.2, 0.25) is 0 Å². The maximum Gasteiger partial charge on any atom is 0.183 e. The molecule has 1 aromatic carbocycles. The minimum atomic E-state index is 0.729. The highest BCUT2D eigenvalue weighted by atomic mass is 32.1. The molecular formula is C14H17N3S. The Morgan fingerprint density at radius 2 is 2.28 bits per heavy atom. The van der Waals surface area contributed by atoms with Gasteiger partial charge >= 0.3 is 0 Å². The number of anilines is 1. The molecule has 0 bridgehead atoms. The van der Waals surface area contributed by atoms with E-state index in [0.717, 1.165) is 29.5 Å². The standard InChI is InChI=1S/C14H17N3S/c1-9-3-5-11(16-8-9)10-4-6-13-12(7-10)17-14(15-2)18-13/h4,6-7,9H,3,5,8H2,1-2H3,(H,15,17). The maximum absolute atomic E-state index is 4.69. The highest BCUT2D eigenvalue weighted by molar-refractivity contribution is 7.22. The molecule has 0 fully saturated rings. The molecular weight excluding hydrogens is 242 g/mol. The molecule has 0 spiro atoms. The summed E-state index contributed by atoms with van der Waals surface area (Å²) in [5.74, 6) is 0.729. The second kappa shape index (κ2) is 4.69. The number of fused-ring (bicyclic) bond motifs is 1. The Balaban J connectivity index is 1.97. The number of nitrogens with zero attached hydrogens (tertiary/aromatic N) is 2. The van der Waals surface area contributed by atoms with Gasteiger partial charge in [-0.3, -0.25) is 4.99 Å². The molecule has 1 atom stereocenters. The minimum absolute atomic E-state index is 0.729. The maximum atomic E-state index is 4.69. The van der Waals surface area contributed by atoms with Gasteiger partial charge in [-0.15, -0.1) is 0 Å². The van der Waals surface area contributed by atoms with Crippen molar-refractivity contribution in [3.63, 3.8) is 0 Å². The number of hydrogen-bond acceptors (Lipinski definition) is 4. The van der Waals surface area contributed by atoms with Crippen LogP contribution in [0, 0.1) is 5.92 Å².